The molecule has 158 valence electrons. The first-order chi connectivity index (χ1) is 15.1. The molecule has 0 saturated carbocycles. The van der Waals surface area contributed by atoms with Crippen LogP contribution in [0, 0.1) is 0 Å². The van der Waals surface area contributed by atoms with Gasteiger partial charge in [-0.1, -0.05) is 18.2 Å². The highest BCUT2D eigenvalue weighted by Crippen LogP contribution is 2.18. The highest BCUT2D eigenvalue weighted by molar-refractivity contribution is 7.98. The van der Waals surface area contributed by atoms with Crippen molar-refractivity contribution in [2.24, 2.45) is 0 Å². The average molecular weight is 434 g/mol. The Morgan fingerprint density at radius 3 is 2.16 bits per heavy atom. The van der Waals surface area contributed by atoms with Crippen molar-refractivity contribution in [3.8, 4) is 11.5 Å². The first-order valence-corrected chi connectivity index (χ1v) is 10.8. The molecule has 3 rings (SSSR count). The van der Waals surface area contributed by atoms with Gasteiger partial charge in [0.15, 0.2) is 12.4 Å². The largest absolute Gasteiger partial charge is 0.497 e. The number of nitrogens with one attached hydrogen (secondary N) is 1. The monoisotopic (exact) mass is 433 g/mol. The molecule has 5 nitrogen and oxygen atoms in total. The van der Waals surface area contributed by atoms with Gasteiger partial charge in [-0.05, 0) is 78.6 Å². The third kappa shape index (κ3) is 6.76. The van der Waals surface area contributed by atoms with Crippen LogP contribution in [0.5, 0.6) is 11.5 Å². The number of ketones is 1. The van der Waals surface area contributed by atoms with Gasteiger partial charge in [-0.2, -0.15) is 0 Å². The van der Waals surface area contributed by atoms with Gasteiger partial charge in [0, 0.05) is 16.1 Å². The van der Waals surface area contributed by atoms with Crippen LogP contribution in [-0.4, -0.2) is 31.7 Å². The Morgan fingerprint density at radius 2 is 1.55 bits per heavy atom. The first-order valence-electron chi connectivity index (χ1n) is 9.60. The van der Waals surface area contributed by atoms with Crippen molar-refractivity contribution >= 4 is 35.2 Å². The maximum absolute atomic E-state index is 12.4. The number of benzene rings is 3. The molecule has 1 amide bonds. The van der Waals surface area contributed by atoms with E-state index in [1.54, 1.807) is 79.6 Å². The SMILES string of the molecule is COc1ccc(OCC(=O)Nc2ccc(C(=O)/C=C\c3ccc(SC)cc3)cc2)cc1. The molecule has 0 aliphatic heterocycles. The van der Waals surface area contributed by atoms with Gasteiger partial charge in [-0.15, -0.1) is 11.8 Å². The minimum Gasteiger partial charge on any atom is -0.497 e. The minimum absolute atomic E-state index is 0.102. The molecule has 31 heavy (non-hydrogen) atoms. The first kappa shape index (κ1) is 22.2. The zero-order valence-electron chi connectivity index (χ0n) is 17.3. The topological polar surface area (TPSA) is 64.6 Å². The van der Waals surface area contributed by atoms with E-state index in [1.165, 1.54) is 4.90 Å². The summed E-state index contributed by atoms with van der Waals surface area (Å²) in [5.41, 5.74) is 2.10. The Kier molecular flexibility index (Phi) is 7.90. The van der Waals surface area contributed by atoms with Gasteiger partial charge in [0.1, 0.15) is 11.5 Å². The van der Waals surface area contributed by atoms with Gasteiger partial charge >= 0.3 is 0 Å². The van der Waals surface area contributed by atoms with Gasteiger partial charge in [-0.3, -0.25) is 9.59 Å². The average Bonchev–Trinajstić information content (AvgIpc) is 2.82. The van der Waals surface area contributed by atoms with Crippen LogP contribution < -0.4 is 14.8 Å². The van der Waals surface area contributed by atoms with E-state index in [1.807, 2.05) is 30.5 Å². The van der Waals surface area contributed by atoms with Gasteiger partial charge in [0.25, 0.3) is 5.91 Å². The molecule has 0 bridgehead atoms. The normalized spacial score (nSPS) is 10.6. The van der Waals surface area contributed by atoms with Crippen molar-refractivity contribution in [1.29, 1.82) is 0 Å². The van der Waals surface area contributed by atoms with Crippen LogP contribution in [0.1, 0.15) is 15.9 Å². The number of thioether (sulfide) groups is 1. The predicted octanol–water partition coefficient (Wildman–Crippen LogP) is 5.33. The molecule has 0 aliphatic carbocycles. The standard InChI is InChI=1S/C25H23NO4S/c1-29-21-10-12-22(13-11-21)30-17-25(28)26-20-8-6-19(7-9-20)24(27)16-5-18-3-14-23(31-2)15-4-18/h3-16H,17H2,1-2H3,(H,26,28)/b16-5-. The lowest BCUT2D eigenvalue weighted by molar-refractivity contribution is -0.118. The van der Waals surface area contributed by atoms with E-state index in [2.05, 4.69) is 5.32 Å². The van der Waals surface area contributed by atoms with Gasteiger partial charge < -0.3 is 14.8 Å². The van der Waals surface area contributed by atoms with E-state index < -0.39 is 0 Å². The number of allylic oxidation sites excluding steroid dienone is 1. The summed E-state index contributed by atoms with van der Waals surface area (Å²) in [6.07, 6.45) is 5.36. The van der Waals surface area contributed by atoms with Crippen LogP contribution in [-0.2, 0) is 4.79 Å². The Bertz CT molecular complexity index is 1040. The third-order valence-electron chi connectivity index (χ3n) is 4.43. The van der Waals surface area contributed by atoms with Crippen LogP contribution in [0.4, 0.5) is 5.69 Å². The van der Waals surface area contributed by atoms with E-state index in [-0.39, 0.29) is 18.3 Å². The fraction of sp³-hybridized carbons (Fsp3) is 0.120. The fourth-order valence-corrected chi connectivity index (χ4v) is 3.13. The van der Waals surface area contributed by atoms with Crippen LogP contribution in [0.25, 0.3) is 6.08 Å². The molecule has 3 aromatic rings. The molecule has 0 aliphatic rings. The lowest BCUT2D eigenvalue weighted by Gasteiger charge is -2.08. The smallest absolute Gasteiger partial charge is 0.262 e. The molecular weight excluding hydrogens is 410 g/mol. The molecule has 3 aromatic carbocycles. The van der Waals surface area contributed by atoms with E-state index in [0.29, 0.717) is 17.0 Å². The summed E-state index contributed by atoms with van der Waals surface area (Å²) >= 11 is 1.67. The number of carbonyl (C=O) groups is 2. The van der Waals surface area contributed by atoms with Crippen molar-refractivity contribution in [3.05, 3.63) is 90.0 Å². The molecule has 0 saturated heterocycles. The van der Waals surface area contributed by atoms with E-state index in [4.69, 9.17) is 9.47 Å². The van der Waals surface area contributed by atoms with Crippen molar-refractivity contribution in [2.45, 2.75) is 4.90 Å². The van der Waals surface area contributed by atoms with Crippen molar-refractivity contribution in [1.82, 2.24) is 0 Å². The van der Waals surface area contributed by atoms with Crippen LogP contribution in [0.2, 0.25) is 0 Å². The van der Waals surface area contributed by atoms with Gasteiger partial charge in [0.05, 0.1) is 7.11 Å². The van der Waals surface area contributed by atoms with E-state index in [9.17, 15) is 9.59 Å². The summed E-state index contributed by atoms with van der Waals surface area (Å²) in [5.74, 6) is 0.902. The number of hydrogen-bond donors (Lipinski definition) is 1. The Balaban J connectivity index is 1.50. The molecule has 0 fully saturated rings. The quantitative estimate of drug-likeness (QED) is 0.281. The third-order valence-corrected chi connectivity index (χ3v) is 5.17. The molecule has 0 heterocycles. The molecule has 0 unspecified atom stereocenters. The molecule has 0 atom stereocenters. The zero-order chi connectivity index (χ0) is 22.1. The fourth-order valence-electron chi connectivity index (χ4n) is 2.72. The number of methoxy groups -OCH3 is 1. The molecule has 0 radical (unpaired) electrons. The second kappa shape index (κ2) is 11.0. The summed E-state index contributed by atoms with van der Waals surface area (Å²) < 4.78 is 10.5. The Morgan fingerprint density at radius 1 is 0.903 bits per heavy atom. The summed E-state index contributed by atoms with van der Waals surface area (Å²) in [4.78, 5) is 25.6. The number of carbonyl (C=O) groups excluding carboxylic acids is 2. The van der Waals surface area contributed by atoms with Gasteiger partial charge in [-0.25, -0.2) is 0 Å². The number of anilines is 1. The van der Waals surface area contributed by atoms with Crippen molar-refractivity contribution in [2.75, 3.05) is 25.3 Å². The minimum atomic E-state index is -0.288. The lowest BCUT2D eigenvalue weighted by Crippen LogP contribution is -2.20. The Hall–Kier alpha value is -3.51. The highest BCUT2D eigenvalue weighted by Gasteiger charge is 2.06. The van der Waals surface area contributed by atoms with Crippen LogP contribution in [0.15, 0.2) is 83.8 Å². The molecule has 1 N–H and O–H groups in total. The van der Waals surface area contributed by atoms with E-state index in [0.717, 1.165) is 11.3 Å². The highest BCUT2D eigenvalue weighted by atomic mass is 32.2. The second-order valence-corrected chi connectivity index (χ2v) is 7.44. The number of hydrogen-bond acceptors (Lipinski definition) is 5. The summed E-state index contributed by atoms with van der Waals surface area (Å²) in [7, 11) is 1.59. The number of ether oxygens (including phenoxy) is 2. The number of amides is 1. The second-order valence-electron chi connectivity index (χ2n) is 6.56. The summed E-state index contributed by atoms with van der Waals surface area (Å²) in [5, 5.41) is 2.75. The van der Waals surface area contributed by atoms with Crippen LogP contribution in [0.3, 0.4) is 0 Å². The predicted molar refractivity (Wildman–Crippen MR) is 125 cm³/mol. The van der Waals surface area contributed by atoms with Crippen molar-refractivity contribution in [3.63, 3.8) is 0 Å². The summed E-state index contributed by atoms with van der Waals surface area (Å²) in [6.45, 7) is -0.120. The molecule has 6 heteroatoms. The summed E-state index contributed by atoms with van der Waals surface area (Å²) in [6, 6.07) is 21.7. The Labute approximate surface area is 186 Å². The molecule has 0 spiro atoms. The van der Waals surface area contributed by atoms with Crippen molar-refractivity contribution < 1.29 is 19.1 Å². The maximum atomic E-state index is 12.4. The number of rotatable bonds is 9. The lowest BCUT2D eigenvalue weighted by atomic mass is 10.1. The molecule has 0 aromatic heterocycles. The molecular formula is C25H23NO4S. The van der Waals surface area contributed by atoms with Gasteiger partial charge in [0.2, 0.25) is 0 Å². The van der Waals surface area contributed by atoms with Crippen LogP contribution >= 0.6 is 11.8 Å². The zero-order valence-corrected chi connectivity index (χ0v) is 18.1. The van der Waals surface area contributed by atoms with E-state index >= 15 is 0 Å². The maximum Gasteiger partial charge on any atom is 0.262 e.